The van der Waals surface area contributed by atoms with Crippen molar-refractivity contribution in [1.29, 1.82) is 0 Å². The smallest absolute Gasteiger partial charge is 0.230 e. The van der Waals surface area contributed by atoms with Gasteiger partial charge in [0.15, 0.2) is 0 Å². The van der Waals surface area contributed by atoms with Crippen molar-refractivity contribution in [1.82, 2.24) is 4.90 Å². The van der Waals surface area contributed by atoms with Gasteiger partial charge in [0.25, 0.3) is 0 Å². The fourth-order valence-electron chi connectivity index (χ4n) is 1.71. The maximum absolute atomic E-state index is 11.6. The average molecular weight is 232 g/mol. The number of hydrogen-bond acceptors (Lipinski definition) is 2. The minimum Gasteiger partial charge on any atom is -0.304 e. The summed E-state index contributed by atoms with van der Waals surface area (Å²) >= 11 is 0. The molecule has 0 saturated heterocycles. The minimum atomic E-state index is -0.00472. The first kappa shape index (κ1) is 13.4. The summed E-state index contributed by atoms with van der Waals surface area (Å²) in [6.07, 6.45) is 0.470. The van der Waals surface area contributed by atoms with Gasteiger partial charge in [-0.05, 0) is 12.5 Å². The quantitative estimate of drug-likeness (QED) is 0.732. The van der Waals surface area contributed by atoms with Gasteiger partial charge in [-0.15, -0.1) is 0 Å². The zero-order valence-electron chi connectivity index (χ0n) is 11.0. The molecule has 1 heterocycles. The van der Waals surface area contributed by atoms with E-state index in [9.17, 15) is 4.79 Å². The van der Waals surface area contributed by atoms with Crippen molar-refractivity contribution in [3.05, 3.63) is 35.9 Å². The lowest BCUT2D eigenvalue weighted by Gasteiger charge is -2.26. The Bertz CT molecular complexity index is 398. The Morgan fingerprint density at radius 1 is 1.24 bits per heavy atom. The lowest BCUT2D eigenvalue weighted by molar-refractivity contribution is -0.127. The second kappa shape index (κ2) is 6.18. The molecule has 17 heavy (non-hydrogen) atoms. The number of carbonyl (C=O) groups excluding carboxylic acids is 1. The maximum Gasteiger partial charge on any atom is 0.230 e. The summed E-state index contributed by atoms with van der Waals surface area (Å²) in [5.41, 5.74) is 1.11. The van der Waals surface area contributed by atoms with E-state index < -0.39 is 0 Å². The molecule has 0 aliphatic carbocycles. The molecule has 1 unspecified atom stereocenters. The van der Waals surface area contributed by atoms with E-state index in [4.69, 9.17) is 0 Å². The first-order valence-corrected chi connectivity index (χ1v) is 6.04. The molecule has 3 heteroatoms. The van der Waals surface area contributed by atoms with Crippen LogP contribution in [0.2, 0.25) is 0 Å². The van der Waals surface area contributed by atoms with Crippen LogP contribution in [0.3, 0.4) is 0 Å². The molecule has 3 nitrogen and oxygen atoms in total. The standard InChI is InChI=1S/C12H14N2O.C2H6/c1-9-13-11(8-12(15)14(9)2)10-6-4-3-5-7-10;1-2/h3-7,11H,8H2,1-2H3;1-2H3. The Morgan fingerprint density at radius 2 is 1.82 bits per heavy atom. The van der Waals surface area contributed by atoms with Crippen LogP contribution < -0.4 is 0 Å². The van der Waals surface area contributed by atoms with Crippen molar-refractivity contribution in [3.8, 4) is 0 Å². The van der Waals surface area contributed by atoms with Gasteiger partial charge in [0.2, 0.25) is 5.91 Å². The summed E-state index contributed by atoms with van der Waals surface area (Å²) in [4.78, 5) is 17.7. The highest BCUT2D eigenvalue weighted by Crippen LogP contribution is 2.25. The number of nitrogens with zero attached hydrogens (tertiary/aromatic N) is 2. The number of amidine groups is 1. The summed E-state index contributed by atoms with van der Waals surface area (Å²) in [6, 6.07) is 9.94. The van der Waals surface area contributed by atoms with Crippen molar-refractivity contribution in [2.75, 3.05) is 7.05 Å². The molecule has 2 rings (SSSR count). The molecule has 0 N–H and O–H groups in total. The molecule has 1 aromatic rings. The second-order valence-corrected chi connectivity index (χ2v) is 3.76. The molecule has 0 fully saturated rings. The fourth-order valence-corrected chi connectivity index (χ4v) is 1.71. The number of hydrogen-bond donors (Lipinski definition) is 0. The van der Waals surface area contributed by atoms with E-state index in [1.807, 2.05) is 51.1 Å². The van der Waals surface area contributed by atoms with Crippen LogP contribution in [0.25, 0.3) is 0 Å². The lowest BCUT2D eigenvalue weighted by Crippen LogP contribution is -2.36. The molecule has 1 amide bonds. The molecule has 1 aliphatic heterocycles. The highest BCUT2D eigenvalue weighted by Gasteiger charge is 2.24. The van der Waals surface area contributed by atoms with E-state index in [2.05, 4.69) is 4.99 Å². The number of carbonyl (C=O) groups is 1. The predicted octanol–water partition coefficient (Wildman–Crippen LogP) is 3.03. The van der Waals surface area contributed by atoms with E-state index in [0.29, 0.717) is 6.42 Å². The molecule has 0 bridgehead atoms. The first-order chi connectivity index (χ1) is 8.18. The van der Waals surface area contributed by atoms with Crippen molar-refractivity contribution in [2.45, 2.75) is 33.2 Å². The van der Waals surface area contributed by atoms with Gasteiger partial charge in [0, 0.05) is 7.05 Å². The third kappa shape index (κ3) is 3.16. The monoisotopic (exact) mass is 232 g/mol. The molecule has 1 aromatic carbocycles. The number of amides is 1. The average Bonchev–Trinajstić information content (AvgIpc) is 2.39. The largest absolute Gasteiger partial charge is 0.304 e. The SMILES string of the molecule is CC.CC1=NC(c2ccccc2)CC(=O)N1C. The van der Waals surface area contributed by atoms with E-state index in [-0.39, 0.29) is 11.9 Å². The minimum absolute atomic E-state index is 0.00472. The van der Waals surface area contributed by atoms with Crippen LogP contribution in [-0.2, 0) is 4.79 Å². The van der Waals surface area contributed by atoms with Crippen molar-refractivity contribution >= 4 is 11.7 Å². The zero-order valence-corrected chi connectivity index (χ0v) is 11.0. The van der Waals surface area contributed by atoms with Crippen LogP contribution in [-0.4, -0.2) is 23.7 Å². The Balaban J connectivity index is 0.000000686. The van der Waals surface area contributed by atoms with Crippen LogP contribution >= 0.6 is 0 Å². The number of benzene rings is 1. The molecular formula is C14H20N2O. The van der Waals surface area contributed by atoms with Crippen molar-refractivity contribution < 1.29 is 4.79 Å². The maximum atomic E-state index is 11.6. The fraction of sp³-hybridized carbons (Fsp3) is 0.429. The lowest BCUT2D eigenvalue weighted by atomic mass is 10.0. The van der Waals surface area contributed by atoms with Gasteiger partial charge in [-0.2, -0.15) is 0 Å². The summed E-state index contributed by atoms with van der Waals surface area (Å²) < 4.78 is 0. The molecule has 92 valence electrons. The predicted molar refractivity (Wildman–Crippen MR) is 71.0 cm³/mol. The van der Waals surface area contributed by atoms with Crippen LogP contribution in [0.15, 0.2) is 35.3 Å². The van der Waals surface area contributed by atoms with Crippen LogP contribution in [0, 0.1) is 0 Å². The van der Waals surface area contributed by atoms with E-state index >= 15 is 0 Å². The van der Waals surface area contributed by atoms with Crippen molar-refractivity contribution in [3.63, 3.8) is 0 Å². The van der Waals surface area contributed by atoms with Gasteiger partial charge < -0.3 is 4.90 Å². The Kier molecular flexibility index (Phi) is 4.88. The normalized spacial score (nSPS) is 19.3. The topological polar surface area (TPSA) is 32.7 Å². The summed E-state index contributed by atoms with van der Waals surface area (Å²) in [7, 11) is 1.77. The van der Waals surface area contributed by atoms with E-state index in [0.717, 1.165) is 11.4 Å². The zero-order chi connectivity index (χ0) is 12.8. The number of aliphatic imine (C=N–C) groups is 1. The van der Waals surface area contributed by atoms with Crippen LogP contribution in [0.4, 0.5) is 0 Å². The molecule has 1 atom stereocenters. The van der Waals surface area contributed by atoms with E-state index in [1.54, 1.807) is 11.9 Å². The highest BCUT2D eigenvalue weighted by molar-refractivity contribution is 5.98. The summed E-state index contributed by atoms with van der Waals surface area (Å²) in [6.45, 7) is 5.87. The molecule has 0 saturated carbocycles. The molecule has 0 radical (unpaired) electrons. The third-order valence-corrected chi connectivity index (χ3v) is 2.75. The summed E-state index contributed by atoms with van der Waals surface area (Å²) in [5, 5.41) is 0. The van der Waals surface area contributed by atoms with Crippen LogP contribution in [0.5, 0.6) is 0 Å². The molecular weight excluding hydrogens is 212 g/mol. The van der Waals surface area contributed by atoms with Gasteiger partial charge in [-0.25, -0.2) is 0 Å². The Hall–Kier alpha value is -1.64. The Morgan fingerprint density at radius 3 is 2.35 bits per heavy atom. The second-order valence-electron chi connectivity index (χ2n) is 3.76. The molecule has 1 aliphatic rings. The van der Waals surface area contributed by atoms with Gasteiger partial charge in [0.1, 0.15) is 5.84 Å². The van der Waals surface area contributed by atoms with Gasteiger partial charge in [-0.1, -0.05) is 44.2 Å². The molecule has 0 spiro atoms. The van der Waals surface area contributed by atoms with Crippen molar-refractivity contribution in [2.24, 2.45) is 4.99 Å². The summed E-state index contributed by atoms with van der Waals surface area (Å²) in [5.74, 6) is 0.927. The first-order valence-electron chi connectivity index (χ1n) is 6.04. The van der Waals surface area contributed by atoms with Gasteiger partial charge >= 0.3 is 0 Å². The Labute approximate surface area is 103 Å². The van der Waals surface area contributed by atoms with Crippen LogP contribution in [0.1, 0.15) is 38.8 Å². The highest BCUT2D eigenvalue weighted by atomic mass is 16.2. The van der Waals surface area contributed by atoms with Gasteiger partial charge in [0.05, 0.1) is 12.5 Å². The van der Waals surface area contributed by atoms with E-state index in [1.165, 1.54) is 0 Å². The number of rotatable bonds is 1. The third-order valence-electron chi connectivity index (χ3n) is 2.75. The van der Waals surface area contributed by atoms with Gasteiger partial charge in [-0.3, -0.25) is 9.79 Å². The molecule has 0 aromatic heterocycles.